The Kier molecular flexibility index (Phi) is 8.66. The fourth-order valence-electron chi connectivity index (χ4n) is 4.65. The normalized spacial score (nSPS) is 13.5. The molecule has 1 N–H and O–H groups in total. The van der Waals surface area contributed by atoms with E-state index in [4.69, 9.17) is 21.2 Å². The van der Waals surface area contributed by atoms with Gasteiger partial charge in [0.2, 0.25) is 0 Å². The van der Waals surface area contributed by atoms with Crippen LogP contribution in [0.3, 0.4) is 0 Å². The van der Waals surface area contributed by atoms with E-state index in [0.29, 0.717) is 5.06 Å². The summed E-state index contributed by atoms with van der Waals surface area (Å²) >= 11 is 6.01. The molecule has 0 radical (unpaired) electrons. The predicted molar refractivity (Wildman–Crippen MR) is 152 cm³/mol. The van der Waals surface area contributed by atoms with E-state index in [0.717, 1.165) is 41.0 Å². The number of hydrogen-bond acceptors (Lipinski definition) is 7. The Morgan fingerprint density at radius 3 is 2.32 bits per heavy atom. The molecule has 1 atom stereocenters. The highest BCUT2D eigenvalue weighted by atomic mass is 35.5. The Morgan fingerprint density at radius 2 is 1.66 bits per heavy atom. The zero-order valence-corrected chi connectivity index (χ0v) is 24.1. The minimum Gasteiger partial charge on any atom is -0.437 e. The molecule has 13 heteroatoms. The third-order valence-electron chi connectivity index (χ3n) is 6.81. The third-order valence-corrected chi connectivity index (χ3v) is 7.00. The number of amides is 3. The number of rotatable bonds is 9. The van der Waals surface area contributed by atoms with Gasteiger partial charge in [-0.15, -0.1) is 15.3 Å². The molecule has 3 amide bonds. The molecule has 0 saturated carbocycles. The molecule has 2 heterocycles. The maximum absolute atomic E-state index is 13.6. The number of ether oxygens (including phenoxy) is 1. The van der Waals surface area contributed by atoms with E-state index >= 15 is 0 Å². The Labute approximate surface area is 254 Å². The molecule has 0 saturated heterocycles. The van der Waals surface area contributed by atoms with Crippen molar-refractivity contribution in [3.05, 3.63) is 117 Å². The summed E-state index contributed by atoms with van der Waals surface area (Å²) in [5, 5.41) is 10.7. The summed E-state index contributed by atoms with van der Waals surface area (Å²) in [7, 11) is 0. The summed E-state index contributed by atoms with van der Waals surface area (Å²) < 4.78 is 45.2. The van der Waals surface area contributed by atoms with Crippen LogP contribution in [0.15, 0.2) is 72.8 Å². The van der Waals surface area contributed by atoms with Crippen LogP contribution in [0.1, 0.15) is 53.3 Å². The van der Waals surface area contributed by atoms with Gasteiger partial charge in [-0.05, 0) is 67.8 Å². The van der Waals surface area contributed by atoms with Crippen molar-refractivity contribution in [1.82, 2.24) is 20.6 Å². The summed E-state index contributed by atoms with van der Waals surface area (Å²) in [6.45, 7) is 3.55. The molecule has 0 fully saturated rings. The molecule has 4 aromatic rings. The van der Waals surface area contributed by atoms with Gasteiger partial charge in [-0.25, -0.2) is 0 Å². The van der Waals surface area contributed by atoms with Gasteiger partial charge >= 0.3 is 6.18 Å². The molecule has 44 heavy (non-hydrogen) atoms. The van der Waals surface area contributed by atoms with Crippen LogP contribution in [0.2, 0.25) is 5.15 Å². The zero-order valence-electron chi connectivity index (χ0n) is 23.3. The van der Waals surface area contributed by atoms with E-state index in [-0.39, 0.29) is 40.6 Å². The predicted octanol–water partition coefficient (Wildman–Crippen LogP) is 6.13. The van der Waals surface area contributed by atoms with Gasteiger partial charge in [0.15, 0.2) is 5.15 Å². The number of alkyl halides is 3. The molecule has 0 aliphatic carbocycles. The lowest BCUT2D eigenvalue weighted by Crippen LogP contribution is -2.43. The minimum absolute atomic E-state index is 0.167. The smallest absolute Gasteiger partial charge is 0.416 e. The molecule has 1 aliphatic heterocycles. The zero-order chi connectivity index (χ0) is 31.6. The second-order valence-electron chi connectivity index (χ2n) is 10.1. The second-order valence-corrected chi connectivity index (χ2v) is 10.5. The molecule has 3 aromatic carbocycles. The molecule has 9 nitrogen and oxygen atoms in total. The number of imide groups is 1. The lowest BCUT2D eigenvalue weighted by atomic mass is 9.99. The van der Waals surface area contributed by atoms with Crippen LogP contribution in [-0.2, 0) is 17.4 Å². The van der Waals surface area contributed by atoms with Crippen LogP contribution in [0, 0.1) is 13.8 Å². The Hall–Kier alpha value is -4.81. The van der Waals surface area contributed by atoms with Crippen LogP contribution >= 0.6 is 11.6 Å². The molecule has 0 bridgehead atoms. The van der Waals surface area contributed by atoms with E-state index in [2.05, 4.69) is 15.5 Å². The molecule has 0 spiro atoms. The van der Waals surface area contributed by atoms with Gasteiger partial charge in [-0.1, -0.05) is 53.6 Å². The van der Waals surface area contributed by atoms with E-state index < -0.39 is 41.4 Å². The number of carbonyl (C=O) groups excluding carboxylic acids is 3. The van der Waals surface area contributed by atoms with Crippen molar-refractivity contribution in [1.29, 1.82) is 0 Å². The first kappa shape index (κ1) is 30.6. The van der Waals surface area contributed by atoms with Gasteiger partial charge in [-0.3, -0.25) is 19.2 Å². The van der Waals surface area contributed by atoms with Crippen LogP contribution in [0.25, 0.3) is 0 Å². The van der Waals surface area contributed by atoms with Crippen molar-refractivity contribution in [2.45, 2.75) is 32.5 Å². The summed E-state index contributed by atoms with van der Waals surface area (Å²) in [5.41, 5.74) is 2.05. The van der Waals surface area contributed by atoms with Crippen molar-refractivity contribution in [2.75, 3.05) is 6.61 Å². The average molecular weight is 625 g/mol. The second kappa shape index (κ2) is 12.4. The first-order chi connectivity index (χ1) is 20.9. The van der Waals surface area contributed by atoms with Gasteiger partial charge in [0.25, 0.3) is 23.6 Å². The van der Waals surface area contributed by atoms with Gasteiger partial charge in [-0.2, -0.15) is 13.2 Å². The summed E-state index contributed by atoms with van der Waals surface area (Å²) in [5.74, 6) is -2.65. The number of nitrogens with one attached hydrogen (secondary N) is 1. The monoisotopic (exact) mass is 624 g/mol. The Bertz CT molecular complexity index is 1730. The van der Waals surface area contributed by atoms with Crippen molar-refractivity contribution in [2.24, 2.45) is 0 Å². The minimum atomic E-state index is -4.62. The number of hydroxylamine groups is 2. The Morgan fingerprint density at radius 1 is 0.955 bits per heavy atom. The number of aromatic nitrogens is 2. The lowest BCUT2D eigenvalue weighted by Gasteiger charge is -2.23. The maximum atomic E-state index is 13.6. The highest BCUT2D eigenvalue weighted by Gasteiger charge is 2.37. The van der Waals surface area contributed by atoms with E-state index in [1.165, 1.54) is 18.2 Å². The first-order valence-electron chi connectivity index (χ1n) is 13.3. The fourth-order valence-corrected chi connectivity index (χ4v) is 4.79. The number of carbonyl (C=O) groups is 3. The summed E-state index contributed by atoms with van der Waals surface area (Å²) in [6, 6.07) is 16.5. The number of fused-ring (bicyclic) bond motifs is 1. The molecule has 226 valence electrons. The number of aryl methyl sites for hydroxylation is 2. The van der Waals surface area contributed by atoms with Gasteiger partial charge in [0, 0.05) is 0 Å². The lowest BCUT2D eigenvalue weighted by molar-refractivity contribution is -0.137. The highest BCUT2D eigenvalue weighted by molar-refractivity contribution is 6.29. The summed E-state index contributed by atoms with van der Waals surface area (Å²) in [6.07, 6.45) is -4.39. The number of benzene rings is 3. The average Bonchev–Trinajstić information content (AvgIpc) is 3.22. The quantitative estimate of drug-likeness (QED) is 0.223. The SMILES string of the molecule is Cc1ccc(C[C@H](CON2C(=O)c3ccccc3C2=O)NC(=O)c2cc(Cl)nnc2Oc2cccc(C(F)(F)F)c2)c(C)c1. The third kappa shape index (κ3) is 6.71. The van der Waals surface area contributed by atoms with Crippen LogP contribution in [0.5, 0.6) is 11.6 Å². The van der Waals surface area contributed by atoms with Crippen molar-refractivity contribution >= 4 is 29.3 Å². The molecule has 5 rings (SSSR count). The van der Waals surface area contributed by atoms with Gasteiger partial charge in [0.1, 0.15) is 11.3 Å². The van der Waals surface area contributed by atoms with Gasteiger partial charge < -0.3 is 10.1 Å². The topological polar surface area (TPSA) is 111 Å². The Balaban J connectivity index is 1.40. The van der Waals surface area contributed by atoms with Crippen LogP contribution < -0.4 is 10.1 Å². The van der Waals surface area contributed by atoms with Gasteiger partial charge in [0.05, 0.1) is 29.3 Å². The number of hydrogen-bond donors (Lipinski definition) is 1. The highest BCUT2D eigenvalue weighted by Crippen LogP contribution is 2.33. The van der Waals surface area contributed by atoms with E-state index in [1.54, 1.807) is 12.1 Å². The number of halogens is 4. The van der Waals surface area contributed by atoms with Crippen molar-refractivity contribution in [3.8, 4) is 11.6 Å². The summed E-state index contributed by atoms with van der Waals surface area (Å²) in [4.78, 5) is 44.9. The number of nitrogens with zero attached hydrogens (tertiary/aromatic N) is 3. The van der Waals surface area contributed by atoms with E-state index in [9.17, 15) is 27.6 Å². The maximum Gasteiger partial charge on any atom is 0.416 e. The molecule has 1 aromatic heterocycles. The molecular weight excluding hydrogens is 601 g/mol. The molecule has 1 aliphatic rings. The van der Waals surface area contributed by atoms with Crippen LogP contribution in [-0.4, -0.2) is 45.6 Å². The first-order valence-corrected chi connectivity index (χ1v) is 13.6. The van der Waals surface area contributed by atoms with Crippen LogP contribution in [0.4, 0.5) is 13.2 Å². The molecule has 0 unspecified atom stereocenters. The van der Waals surface area contributed by atoms with E-state index in [1.807, 2.05) is 32.0 Å². The van der Waals surface area contributed by atoms with Crippen molar-refractivity contribution in [3.63, 3.8) is 0 Å². The standard InChI is InChI=1S/C31H24ClF3N4O5/c1-17-10-11-19(18(2)12-17)13-21(16-43-39-29(41)23-8-3-4-9-24(23)30(39)42)36-27(40)25-15-26(32)37-38-28(25)44-22-7-5-6-20(14-22)31(33,34)35/h3-12,14-15,21H,13,16H2,1-2H3,(H,36,40)/t21-/m1/s1. The fraction of sp³-hybridized carbons (Fsp3) is 0.194. The van der Waals surface area contributed by atoms with Crippen molar-refractivity contribution < 1.29 is 37.1 Å². The largest absolute Gasteiger partial charge is 0.437 e. The molecular formula is C31H24ClF3N4O5.